The molecule has 0 aliphatic rings. The van der Waals surface area contributed by atoms with Crippen LogP contribution >= 0.6 is 22.9 Å². The number of hydrogen-bond donors (Lipinski definition) is 1. The van der Waals surface area contributed by atoms with Gasteiger partial charge in [-0.05, 0) is 44.5 Å². The Balaban J connectivity index is 1.44. The van der Waals surface area contributed by atoms with Crippen molar-refractivity contribution in [2.24, 2.45) is 0 Å². The number of benzene rings is 3. The molecule has 1 N–H and O–H groups in total. The van der Waals surface area contributed by atoms with Gasteiger partial charge in [0.1, 0.15) is 16.6 Å². The smallest absolute Gasteiger partial charge is 0.137 e. The van der Waals surface area contributed by atoms with Crippen molar-refractivity contribution in [1.29, 1.82) is 0 Å². The number of anilines is 2. The van der Waals surface area contributed by atoms with Crippen molar-refractivity contribution < 1.29 is 0 Å². The molecule has 0 atom stereocenters. The highest BCUT2D eigenvalue weighted by molar-refractivity contribution is 7.13. The number of aryl methyl sites for hydroxylation is 3. The lowest BCUT2D eigenvalue weighted by atomic mass is 10.0. The largest absolute Gasteiger partial charge is 0.340 e. The topological polar surface area (TPSA) is 50.7 Å². The number of nitrogens with one attached hydrogen (secondary N) is 1. The molecule has 0 fully saturated rings. The first kappa shape index (κ1) is 23.2. The van der Waals surface area contributed by atoms with Crippen molar-refractivity contribution >= 4 is 34.4 Å². The summed E-state index contributed by atoms with van der Waals surface area (Å²) >= 11 is 7.97. The zero-order valence-corrected chi connectivity index (χ0v) is 21.4. The average Bonchev–Trinajstić information content (AvgIpc) is 3.33. The van der Waals surface area contributed by atoms with Crippen molar-refractivity contribution in [1.82, 2.24) is 15.0 Å². The number of aromatic nitrogens is 3. The van der Waals surface area contributed by atoms with Gasteiger partial charge in [0.2, 0.25) is 0 Å². The molecule has 0 spiro atoms. The number of thiazole rings is 1. The van der Waals surface area contributed by atoms with E-state index < -0.39 is 0 Å². The average molecular weight is 497 g/mol. The van der Waals surface area contributed by atoms with Gasteiger partial charge in [0.25, 0.3) is 0 Å². The zero-order valence-electron chi connectivity index (χ0n) is 19.8. The molecule has 0 saturated carbocycles. The molecule has 0 radical (unpaired) electrons. The van der Waals surface area contributed by atoms with Gasteiger partial charge in [-0.3, -0.25) is 0 Å². The van der Waals surface area contributed by atoms with Gasteiger partial charge in [-0.2, -0.15) is 0 Å². The second-order valence-electron chi connectivity index (χ2n) is 8.57. The minimum absolute atomic E-state index is 0.708. The maximum absolute atomic E-state index is 6.38. The van der Waals surface area contributed by atoms with E-state index >= 15 is 0 Å². The summed E-state index contributed by atoms with van der Waals surface area (Å²) in [5.74, 6) is 1.58. The van der Waals surface area contributed by atoms with Crippen LogP contribution in [0.5, 0.6) is 0 Å². The fraction of sp³-hybridized carbons (Fsp3) is 0.138. The van der Waals surface area contributed by atoms with Crippen LogP contribution in [0.3, 0.4) is 0 Å². The molecule has 3 aromatic carbocycles. The molecule has 0 aliphatic carbocycles. The fourth-order valence-electron chi connectivity index (χ4n) is 4.02. The molecular weight excluding hydrogens is 472 g/mol. The first-order valence-corrected chi connectivity index (χ1v) is 12.7. The number of nitrogens with zero attached hydrogens (tertiary/aromatic N) is 3. The molecule has 174 valence electrons. The zero-order chi connectivity index (χ0) is 24.4. The van der Waals surface area contributed by atoms with Crippen LogP contribution in [0, 0.1) is 20.8 Å². The van der Waals surface area contributed by atoms with Crippen molar-refractivity contribution in [2.75, 3.05) is 5.32 Å². The molecule has 0 aliphatic heterocycles. The number of rotatable bonds is 6. The van der Waals surface area contributed by atoms with Gasteiger partial charge in [-0.1, -0.05) is 71.8 Å². The van der Waals surface area contributed by atoms with Crippen LogP contribution in [0.4, 0.5) is 11.5 Å². The third-order valence-electron chi connectivity index (χ3n) is 5.86. The first-order chi connectivity index (χ1) is 17.0. The second-order valence-corrected chi connectivity index (χ2v) is 9.83. The molecule has 35 heavy (non-hydrogen) atoms. The van der Waals surface area contributed by atoms with E-state index in [0.717, 1.165) is 56.8 Å². The van der Waals surface area contributed by atoms with E-state index in [1.807, 2.05) is 50.2 Å². The molecule has 5 rings (SSSR count). The SMILES string of the molecule is Cc1ccc(Cc2c(C)nc(C)nc2Nc2cccc(-c3csc(-c4ccccc4Cl)n3)c2)cc1. The molecular formula is C29H25ClN4S. The number of hydrogen-bond acceptors (Lipinski definition) is 5. The third-order valence-corrected chi connectivity index (χ3v) is 7.06. The van der Waals surface area contributed by atoms with E-state index in [-0.39, 0.29) is 0 Å². The minimum atomic E-state index is 0.708. The predicted molar refractivity (Wildman–Crippen MR) is 147 cm³/mol. The molecule has 0 bridgehead atoms. The van der Waals surface area contributed by atoms with Crippen LogP contribution < -0.4 is 5.32 Å². The summed E-state index contributed by atoms with van der Waals surface area (Å²) in [6, 6.07) is 24.7. The van der Waals surface area contributed by atoms with Gasteiger partial charge in [-0.25, -0.2) is 15.0 Å². The van der Waals surface area contributed by atoms with Crippen molar-refractivity contribution in [2.45, 2.75) is 27.2 Å². The lowest BCUT2D eigenvalue weighted by Crippen LogP contribution is -2.06. The summed E-state index contributed by atoms with van der Waals surface area (Å²) < 4.78 is 0. The van der Waals surface area contributed by atoms with Crippen molar-refractivity contribution in [3.63, 3.8) is 0 Å². The van der Waals surface area contributed by atoms with Crippen LogP contribution in [0.1, 0.15) is 28.2 Å². The number of halogens is 1. The standard InChI is InChI=1S/C29H25ClN4S/c1-18-11-13-21(14-12-18)15-25-19(2)31-20(3)32-28(25)33-23-8-6-7-22(16-23)27-17-35-29(34-27)24-9-4-5-10-26(24)30/h4-14,16-17H,15H2,1-3H3,(H,31,32,33). The maximum atomic E-state index is 6.38. The highest BCUT2D eigenvalue weighted by Crippen LogP contribution is 2.34. The Kier molecular flexibility index (Phi) is 6.62. The first-order valence-electron chi connectivity index (χ1n) is 11.4. The highest BCUT2D eigenvalue weighted by Gasteiger charge is 2.13. The van der Waals surface area contributed by atoms with E-state index in [0.29, 0.717) is 5.02 Å². The van der Waals surface area contributed by atoms with Crippen molar-refractivity contribution in [3.8, 4) is 21.8 Å². The molecule has 0 amide bonds. The molecule has 0 unspecified atom stereocenters. The lowest BCUT2D eigenvalue weighted by Gasteiger charge is -2.15. The monoisotopic (exact) mass is 496 g/mol. The minimum Gasteiger partial charge on any atom is -0.340 e. The summed E-state index contributed by atoms with van der Waals surface area (Å²) in [4.78, 5) is 14.2. The maximum Gasteiger partial charge on any atom is 0.137 e. The summed E-state index contributed by atoms with van der Waals surface area (Å²) in [5, 5.41) is 7.23. The van der Waals surface area contributed by atoms with Gasteiger partial charge >= 0.3 is 0 Å². The Bertz CT molecular complexity index is 1490. The Morgan fingerprint density at radius 2 is 1.66 bits per heavy atom. The van der Waals surface area contributed by atoms with E-state index in [4.69, 9.17) is 21.6 Å². The third kappa shape index (κ3) is 5.26. The lowest BCUT2D eigenvalue weighted by molar-refractivity contribution is 0.965. The van der Waals surface area contributed by atoms with Crippen LogP contribution in [0.25, 0.3) is 21.8 Å². The van der Waals surface area contributed by atoms with Crippen LogP contribution in [0.15, 0.2) is 78.2 Å². The summed E-state index contributed by atoms with van der Waals surface area (Å²) in [6.45, 7) is 6.07. The summed E-state index contributed by atoms with van der Waals surface area (Å²) in [5.41, 5.74) is 8.43. The molecule has 4 nitrogen and oxygen atoms in total. The molecule has 5 aromatic rings. The second kappa shape index (κ2) is 9.98. The van der Waals surface area contributed by atoms with Gasteiger partial charge in [0.15, 0.2) is 0 Å². The normalized spacial score (nSPS) is 11.0. The van der Waals surface area contributed by atoms with Gasteiger partial charge in [0, 0.05) is 39.9 Å². The quantitative estimate of drug-likeness (QED) is 0.257. The van der Waals surface area contributed by atoms with Crippen LogP contribution in [-0.4, -0.2) is 15.0 Å². The summed E-state index contributed by atoms with van der Waals surface area (Å²) in [6.07, 6.45) is 0.766. The highest BCUT2D eigenvalue weighted by atomic mass is 35.5. The fourth-order valence-corrected chi connectivity index (χ4v) is 5.17. The Morgan fingerprint density at radius 1 is 0.857 bits per heavy atom. The Morgan fingerprint density at radius 3 is 2.46 bits per heavy atom. The Hall–Kier alpha value is -3.54. The van der Waals surface area contributed by atoms with E-state index in [2.05, 4.69) is 59.0 Å². The van der Waals surface area contributed by atoms with Gasteiger partial charge in [-0.15, -0.1) is 11.3 Å². The van der Waals surface area contributed by atoms with E-state index in [9.17, 15) is 0 Å². The molecule has 2 aromatic heterocycles. The van der Waals surface area contributed by atoms with E-state index in [1.54, 1.807) is 11.3 Å². The van der Waals surface area contributed by atoms with E-state index in [1.165, 1.54) is 11.1 Å². The predicted octanol–water partition coefficient (Wildman–Crippen LogP) is 8.18. The van der Waals surface area contributed by atoms with Gasteiger partial charge in [0.05, 0.1) is 10.7 Å². The van der Waals surface area contributed by atoms with Crippen molar-refractivity contribution in [3.05, 3.63) is 111 Å². The summed E-state index contributed by atoms with van der Waals surface area (Å²) in [7, 11) is 0. The Labute approximate surface area is 214 Å². The van der Waals surface area contributed by atoms with Gasteiger partial charge < -0.3 is 5.32 Å². The molecule has 0 saturated heterocycles. The molecule has 2 heterocycles. The van der Waals surface area contributed by atoms with Crippen LogP contribution in [-0.2, 0) is 6.42 Å². The van der Waals surface area contributed by atoms with Crippen LogP contribution in [0.2, 0.25) is 5.02 Å². The molecule has 6 heteroatoms.